The first-order chi connectivity index (χ1) is 10.8. The van der Waals surface area contributed by atoms with Gasteiger partial charge in [-0.1, -0.05) is 13.8 Å². The molecule has 1 rings (SSSR count). The summed E-state index contributed by atoms with van der Waals surface area (Å²) in [6, 6.07) is 6.98. The average Bonchev–Trinajstić information content (AvgIpc) is 2.53. The lowest BCUT2D eigenvalue weighted by molar-refractivity contribution is -0.123. The molecular formula is C18H29ClN2O3. The molecule has 6 heteroatoms. The van der Waals surface area contributed by atoms with Gasteiger partial charge in [-0.15, -0.1) is 12.4 Å². The van der Waals surface area contributed by atoms with E-state index in [0.29, 0.717) is 18.7 Å². The molecule has 0 aliphatic rings. The minimum Gasteiger partial charge on any atom is -0.494 e. The number of benzene rings is 1. The number of nitrogens with one attached hydrogen (secondary N) is 1. The van der Waals surface area contributed by atoms with Crippen molar-refractivity contribution in [3.63, 3.8) is 0 Å². The summed E-state index contributed by atoms with van der Waals surface area (Å²) in [7, 11) is 0. The summed E-state index contributed by atoms with van der Waals surface area (Å²) >= 11 is 0. The average molecular weight is 357 g/mol. The fraction of sp³-hybridized carbons (Fsp3) is 0.556. The predicted molar refractivity (Wildman–Crippen MR) is 98.9 cm³/mol. The van der Waals surface area contributed by atoms with Crippen LogP contribution in [0.3, 0.4) is 0 Å². The molecule has 0 aromatic heterocycles. The largest absolute Gasteiger partial charge is 0.494 e. The van der Waals surface area contributed by atoms with Crippen LogP contribution in [-0.4, -0.2) is 30.4 Å². The van der Waals surface area contributed by atoms with Crippen molar-refractivity contribution in [2.75, 3.05) is 13.2 Å². The maximum absolute atomic E-state index is 12.1. The van der Waals surface area contributed by atoms with Crippen molar-refractivity contribution in [1.29, 1.82) is 0 Å². The van der Waals surface area contributed by atoms with Crippen LogP contribution in [0.2, 0.25) is 0 Å². The Hall–Kier alpha value is -1.59. The number of hydrogen-bond acceptors (Lipinski definition) is 4. The molecule has 5 nitrogen and oxygen atoms in total. The number of nitrogens with two attached hydrogens (primary N) is 1. The van der Waals surface area contributed by atoms with Crippen LogP contribution in [0.4, 0.5) is 0 Å². The van der Waals surface area contributed by atoms with E-state index in [-0.39, 0.29) is 42.9 Å². The van der Waals surface area contributed by atoms with Gasteiger partial charge < -0.3 is 15.8 Å². The van der Waals surface area contributed by atoms with Crippen molar-refractivity contribution in [3.05, 3.63) is 29.8 Å². The zero-order valence-electron chi connectivity index (χ0n) is 14.9. The Morgan fingerprint density at radius 2 is 1.79 bits per heavy atom. The topological polar surface area (TPSA) is 81.4 Å². The first-order valence-electron chi connectivity index (χ1n) is 8.09. The van der Waals surface area contributed by atoms with E-state index in [1.807, 2.05) is 27.7 Å². The van der Waals surface area contributed by atoms with E-state index in [2.05, 4.69) is 5.32 Å². The highest BCUT2D eigenvalue weighted by Gasteiger charge is 2.28. The molecule has 1 atom stereocenters. The summed E-state index contributed by atoms with van der Waals surface area (Å²) in [5.74, 6) is 0.754. The highest BCUT2D eigenvalue weighted by molar-refractivity contribution is 5.98. The summed E-state index contributed by atoms with van der Waals surface area (Å²) in [5, 5.41) is 2.94. The predicted octanol–water partition coefficient (Wildman–Crippen LogP) is 2.96. The molecule has 3 N–H and O–H groups in total. The fourth-order valence-electron chi connectivity index (χ4n) is 2.09. The van der Waals surface area contributed by atoms with Crippen LogP contribution in [0.5, 0.6) is 5.75 Å². The highest BCUT2D eigenvalue weighted by atomic mass is 35.5. The lowest BCUT2D eigenvalue weighted by atomic mass is 9.88. The van der Waals surface area contributed by atoms with Crippen molar-refractivity contribution in [3.8, 4) is 5.75 Å². The Bertz CT molecular complexity index is 532. The van der Waals surface area contributed by atoms with E-state index >= 15 is 0 Å². The molecule has 0 spiro atoms. The van der Waals surface area contributed by atoms with Gasteiger partial charge in [0.15, 0.2) is 5.78 Å². The van der Waals surface area contributed by atoms with Gasteiger partial charge in [-0.3, -0.25) is 9.59 Å². The van der Waals surface area contributed by atoms with Gasteiger partial charge in [-0.2, -0.15) is 0 Å². The first kappa shape index (κ1) is 22.4. The summed E-state index contributed by atoms with van der Waals surface area (Å²) < 4.78 is 5.34. The van der Waals surface area contributed by atoms with Gasteiger partial charge in [-0.25, -0.2) is 0 Å². The zero-order chi connectivity index (χ0) is 17.5. The molecule has 0 saturated carbocycles. The molecule has 0 aliphatic heterocycles. The minimum absolute atomic E-state index is 0. The molecule has 1 aromatic rings. The van der Waals surface area contributed by atoms with Gasteiger partial charge >= 0.3 is 0 Å². The van der Waals surface area contributed by atoms with Gasteiger partial charge in [0.1, 0.15) is 5.75 Å². The maximum Gasteiger partial charge on any atom is 0.220 e. The van der Waals surface area contributed by atoms with Crippen molar-refractivity contribution < 1.29 is 14.3 Å². The number of hydrogen-bond donors (Lipinski definition) is 2. The van der Waals surface area contributed by atoms with Gasteiger partial charge in [0.05, 0.1) is 12.1 Å². The zero-order valence-corrected chi connectivity index (χ0v) is 15.7. The molecule has 24 heavy (non-hydrogen) atoms. The molecule has 0 saturated heterocycles. The molecule has 136 valence electrons. The Morgan fingerprint density at radius 3 is 2.25 bits per heavy atom. The molecule has 1 aromatic carbocycles. The monoisotopic (exact) mass is 356 g/mol. The molecule has 1 unspecified atom stereocenters. The van der Waals surface area contributed by atoms with E-state index in [9.17, 15) is 9.59 Å². The van der Waals surface area contributed by atoms with Crippen molar-refractivity contribution >= 4 is 24.1 Å². The number of carbonyl (C=O) groups is 2. The summed E-state index contributed by atoms with van der Waals surface area (Å²) in [4.78, 5) is 24.2. The third-order valence-corrected chi connectivity index (χ3v) is 4.19. The lowest BCUT2D eigenvalue weighted by Gasteiger charge is -2.33. The van der Waals surface area contributed by atoms with Crippen molar-refractivity contribution in [2.45, 2.75) is 46.1 Å². The Balaban J connectivity index is 0.00000529. The highest BCUT2D eigenvalue weighted by Crippen LogP contribution is 2.16. The normalized spacial score (nSPS) is 12.9. The van der Waals surface area contributed by atoms with Crippen LogP contribution in [-0.2, 0) is 4.79 Å². The van der Waals surface area contributed by atoms with E-state index in [1.165, 1.54) is 0 Å². The number of carbonyl (C=O) groups excluding carboxylic acids is 2. The standard InChI is InChI=1S/C18H28N2O3.ClH/c1-5-23-15-8-6-14(7-9-15)16(21)10-11-17(22)20-18(4,12-19)13(2)3;/h6-9,13H,5,10-12,19H2,1-4H3,(H,20,22);1H. The van der Waals surface area contributed by atoms with Crippen LogP contribution >= 0.6 is 12.4 Å². The Morgan fingerprint density at radius 1 is 1.21 bits per heavy atom. The first-order valence-corrected chi connectivity index (χ1v) is 8.09. The van der Waals surface area contributed by atoms with Crippen LogP contribution in [0.25, 0.3) is 0 Å². The molecule has 1 amide bonds. The van der Waals surface area contributed by atoms with Crippen LogP contribution in [0.15, 0.2) is 24.3 Å². The molecule has 0 aliphatic carbocycles. The quantitative estimate of drug-likeness (QED) is 0.666. The van der Waals surface area contributed by atoms with Crippen LogP contribution < -0.4 is 15.8 Å². The number of ketones is 1. The molecule has 0 fully saturated rings. The second-order valence-corrected chi connectivity index (χ2v) is 6.21. The van der Waals surface area contributed by atoms with Gasteiger partial charge in [0.25, 0.3) is 0 Å². The van der Waals surface area contributed by atoms with E-state index in [4.69, 9.17) is 10.5 Å². The van der Waals surface area contributed by atoms with Gasteiger partial charge in [-0.05, 0) is 44.0 Å². The third kappa shape index (κ3) is 6.49. The van der Waals surface area contributed by atoms with Gasteiger partial charge in [0.2, 0.25) is 5.91 Å². The van der Waals surface area contributed by atoms with E-state index < -0.39 is 5.54 Å². The van der Waals surface area contributed by atoms with Crippen LogP contribution in [0.1, 0.15) is 50.9 Å². The SMILES string of the molecule is CCOc1ccc(C(=O)CCC(=O)NC(C)(CN)C(C)C)cc1.Cl. The van der Waals surface area contributed by atoms with Crippen molar-refractivity contribution in [2.24, 2.45) is 11.7 Å². The Kier molecular flexibility index (Phi) is 9.63. The number of rotatable bonds is 9. The van der Waals surface area contributed by atoms with E-state index in [0.717, 1.165) is 5.75 Å². The number of ether oxygens (including phenoxy) is 1. The second-order valence-electron chi connectivity index (χ2n) is 6.21. The van der Waals surface area contributed by atoms with E-state index in [1.54, 1.807) is 24.3 Å². The molecule has 0 radical (unpaired) electrons. The molecular weight excluding hydrogens is 328 g/mol. The minimum atomic E-state index is -0.445. The molecule has 0 heterocycles. The summed E-state index contributed by atoms with van der Waals surface area (Å²) in [6.45, 7) is 8.80. The van der Waals surface area contributed by atoms with Gasteiger partial charge in [0, 0.05) is 24.9 Å². The number of amides is 1. The lowest BCUT2D eigenvalue weighted by Crippen LogP contribution is -2.55. The van der Waals surface area contributed by atoms with Crippen LogP contribution in [0, 0.1) is 5.92 Å². The number of halogens is 1. The fourth-order valence-corrected chi connectivity index (χ4v) is 2.09. The maximum atomic E-state index is 12.1. The Labute approximate surface area is 150 Å². The van der Waals surface area contributed by atoms with Crippen molar-refractivity contribution in [1.82, 2.24) is 5.32 Å². The second kappa shape index (κ2) is 10.3. The summed E-state index contributed by atoms with van der Waals surface area (Å²) in [6.07, 6.45) is 0.340. The third-order valence-electron chi connectivity index (χ3n) is 4.19. The number of Topliss-reactive ketones (excluding diaryl/α,β-unsaturated/α-hetero) is 1. The summed E-state index contributed by atoms with van der Waals surface area (Å²) in [5.41, 5.74) is 5.89. The molecule has 0 bridgehead atoms. The smallest absolute Gasteiger partial charge is 0.220 e.